The molecule has 2 aliphatic rings. The number of aromatic nitrogens is 3. The number of carbonyl (C=O) groups is 1. The molecule has 32 heavy (non-hydrogen) atoms. The van der Waals surface area contributed by atoms with Gasteiger partial charge in [0.25, 0.3) is 11.5 Å². The van der Waals surface area contributed by atoms with Crippen molar-refractivity contribution in [3.8, 4) is 11.3 Å². The number of likely N-dealkylation sites (tertiary alicyclic amines) is 1. The number of nitrogens with one attached hydrogen (secondary N) is 1. The standard InChI is InChI=1S/C24H26BrFN4O2/c1-14-18(12-26)13-29(14)24(32)21-22(25)28-30-20(31)11-19(27-23(21)30)17-9-7-16(8-10-17)15-5-3-2-4-6-15/h7-11,14-15,18,28H,2-6,12-13H2,1H3/t14-,18-/m0/s1. The lowest BCUT2D eigenvalue weighted by Crippen LogP contribution is -2.57. The Morgan fingerprint density at radius 3 is 2.59 bits per heavy atom. The molecule has 1 saturated carbocycles. The molecule has 3 heterocycles. The third-order valence-corrected chi connectivity index (χ3v) is 7.71. The highest BCUT2D eigenvalue weighted by Gasteiger charge is 2.40. The molecule has 1 aliphatic carbocycles. The molecule has 1 N–H and O–H groups in total. The summed E-state index contributed by atoms with van der Waals surface area (Å²) in [5, 5.41) is 2.89. The van der Waals surface area contributed by atoms with Crippen LogP contribution in [0.3, 0.4) is 0 Å². The lowest BCUT2D eigenvalue weighted by Gasteiger charge is -2.45. The van der Waals surface area contributed by atoms with Crippen LogP contribution >= 0.6 is 15.9 Å². The minimum atomic E-state index is -0.446. The predicted octanol–water partition coefficient (Wildman–Crippen LogP) is 4.93. The predicted molar refractivity (Wildman–Crippen MR) is 125 cm³/mol. The van der Waals surface area contributed by atoms with Crippen molar-refractivity contribution >= 4 is 27.5 Å². The fourth-order valence-electron chi connectivity index (χ4n) is 4.99. The Labute approximate surface area is 193 Å². The third-order valence-electron chi connectivity index (χ3n) is 7.13. The minimum absolute atomic E-state index is 0.142. The van der Waals surface area contributed by atoms with Crippen molar-refractivity contribution in [2.24, 2.45) is 5.92 Å². The van der Waals surface area contributed by atoms with Gasteiger partial charge in [-0.2, -0.15) is 4.52 Å². The number of rotatable bonds is 4. The first kappa shape index (κ1) is 21.4. The quantitative estimate of drug-likeness (QED) is 0.551. The fourth-order valence-corrected chi connectivity index (χ4v) is 5.51. The molecule has 0 bridgehead atoms. The zero-order valence-corrected chi connectivity index (χ0v) is 19.6. The average Bonchev–Trinajstić information content (AvgIpc) is 3.15. The highest BCUT2D eigenvalue weighted by atomic mass is 79.9. The molecule has 168 valence electrons. The topological polar surface area (TPSA) is 70.5 Å². The van der Waals surface area contributed by atoms with E-state index in [1.54, 1.807) is 4.90 Å². The van der Waals surface area contributed by atoms with E-state index in [4.69, 9.17) is 0 Å². The molecule has 2 aromatic heterocycles. The average molecular weight is 501 g/mol. The number of carbonyl (C=O) groups excluding carboxylic acids is 1. The molecule has 8 heteroatoms. The summed E-state index contributed by atoms with van der Waals surface area (Å²) in [6.07, 6.45) is 6.34. The molecule has 1 aromatic carbocycles. The van der Waals surface area contributed by atoms with Crippen LogP contribution < -0.4 is 5.56 Å². The van der Waals surface area contributed by atoms with Crippen LogP contribution in [0.2, 0.25) is 0 Å². The van der Waals surface area contributed by atoms with Gasteiger partial charge in [-0.25, -0.2) is 4.98 Å². The molecule has 6 nitrogen and oxygen atoms in total. The first-order valence-corrected chi connectivity index (χ1v) is 12.1. The van der Waals surface area contributed by atoms with Crippen molar-refractivity contribution in [2.75, 3.05) is 13.2 Å². The number of amides is 1. The van der Waals surface area contributed by atoms with Gasteiger partial charge >= 0.3 is 0 Å². The van der Waals surface area contributed by atoms with Crippen LogP contribution in [0.5, 0.6) is 0 Å². The van der Waals surface area contributed by atoms with Crippen molar-refractivity contribution in [1.29, 1.82) is 0 Å². The summed E-state index contributed by atoms with van der Waals surface area (Å²) >= 11 is 3.38. The number of hydrogen-bond acceptors (Lipinski definition) is 3. The van der Waals surface area contributed by atoms with Crippen molar-refractivity contribution < 1.29 is 9.18 Å². The van der Waals surface area contributed by atoms with E-state index in [1.807, 2.05) is 19.1 Å². The van der Waals surface area contributed by atoms with Crippen LogP contribution in [-0.2, 0) is 0 Å². The Hall–Kier alpha value is -2.48. The molecule has 1 aliphatic heterocycles. The summed E-state index contributed by atoms with van der Waals surface area (Å²) in [6, 6.07) is 9.57. The van der Waals surface area contributed by atoms with Crippen LogP contribution in [-0.4, -0.2) is 44.7 Å². The maximum Gasteiger partial charge on any atom is 0.273 e. The van der Waals surface area contributed by atoms with Gasteiger partial charge in [0.15, 0.2) is 5.65 Å². The monoisotopic (exact) mass is 500 g/mol. The summed E-state index contributed by atoms with van der Waals surface area (Å²) in [4.78, 5) is 32.3. The maximum absolute atomic E-state index is 13.2. The Bertz CT molecular complexity index is 1210. The van der Waals surface area contributed by atoms with Gasteiger partial charge < -0.3 is 4.90 Å². The van der Waals surface area contributed by atoms with E-state index in [-0.39, 0.29) is 29.1 Å². The van der Waals surface area contributed by atoms with Gasteiger partial charge in [0.1, 0.15) is 10.2 Å². The van der Waals surface area contributed by atoms with Gasteiger partial charge in [0.05, 0.1) is 12.4 Å². The van der Waals surface area contributed by atoms with Gasteiger partial charge in [-0.15, -0.1) is 0 Å². The highest BCUT2D eigenvalue weighted by Crippen LogP contribution is 2.34. The Balaban J connectivity index is 1.50. The number of halogens is 2. The van der Waals surface area contributed by atoms with Crippen LogP contribution in [0, 0.1) is 5.92 Å². The lowest BCUT2D eigenvalue weighted by atomic mass is 9.84. The molecule has 0 radical (unpaired) electrons. The zero-order chi connectivity index (χ0) is 22.4. The minimum Gasteiger partial charge on any atom is -0.335 e. The largest absolute Gasteiger partial charge is 0.335 e. The van der Waals surface area contributed by atoms with Crippen molar-refractivity contribution in [2.45, 2.75) is 51.0 Å². The summed E-state index contributed by atoms with van der Waals surface area (Å²) in [7, 11) is 0. The molecular formula is C24H26BrFN4O2. The maximum atomic E-state index is 13.2. The summed E-state index contributed by atoms with van der Waals surface area (Å²) in [5.74, 6) is 0.205. The molecule has 0 spiro atoms. The zero-order valence-electron chi connectivity index (χ0n) is 18.0. The summed E-state index contributed by atoms with van der Waals surface area (Å²) in [5.41, 5.74) is 2.99. The normalized spacial score (nSPS) is 21.7. The van der Waals surface area contributed by atoms with E-state index in [9.17, 15) is 14.0 Å². The van der Waals surface area contributed by atoms with Crippen molar-refractivity contribution in [1.82, 2.24) is 19.5 Å². The SMILES string of the molecule is C[C@H]1[C@@H](CF)CN1C(=O)c1c(Br)[nH]n2c(=O)cc(-c3ccc(C4CCCCC4)cc3)nc12. The van der Waals surface area contributed by atoms with E-state index in [1.165, 1.54) is 48.2 Å². The number of fused-ring (bicyclic) bond motifs is 1. The van der Waals surface area contributed by atoms with Crippen LogP contribution in [0.4, 0.5) is 4.39 Å². The molecular weight excluding hydrogens is 475 g/mol. The lowest BCUT2D eigenvalue weighted by molar-refractivity contribution is 0.0140. The second kappa shape index (κ2) is 8.46. The number of alkyl halides is 1. The Morgan fingerprint density at radius 2 is 1.94 bits per heavy atom. The molecule has 0 unspecified atom stereocenters. The van der Waals surface area contributed by atoms with E-state index in [0.717, 1.165) is 5.56 Å². The highest BCUT2D eigenvalue weighted by molar-refractivity contribution is 9.10. The summed E-state index contributed by atoms with van der Waals surface area (Å²) < 4.78 is 14.7. The van der Waals surface area contributed by atoms with Crippen LogP contribution in [0.1, 0.15) is 60.9 Å². The van der Waals surface area contributed by atoms with Gasteiger partial charge in [-0.1, -0.05) is 43.5 Å². The number of nitrogens with zero attached hydrogens (tertiary/aromatic N) is 3. The third kappa shape index (κ3) is 3.58. The second-order valence-corrected chi connectivity index (χ2v) is 9.80. The number of hydrogen-bond donors (Lipinski definition) is 1. The van der Waals surface area contributed by atoms with E-state index < -0.39 is 6.67 Å². The summed E-state index contributed by atoms with van der Waals surface area (Å²) in [6.45, 7) is 1.76. The second-order valence-electron chi connectivity index (χ2n) is 9.01. The first-order chi connectivity index (χ1) is 15.5. The molecule has 2 fully saturated rings. The number of H-pyrrole nitrogens is 1. The van der Waals surface area contributed by atoms with Crippen molar-refractivity contribution in [3.05, 3.63) is 56.4 Å². The van der Waals surface area contributed by atoms with Gasteiger partial charge in [-0.05, 0) is 47.2 Å². The number of benzene rings is 1. The number of aromatic amines is 1. The van der Waals surface area contributed by atoms with Gasteiger partial charge in [-0.3, -0.25) is 19.1 Å². The van der Waals surface area contributed by atoms with Gasteiger partial charge in [0, 0.05) is 30.1 Å². The molecule has 3 aromatic rings. The van der Waals surface area contributed by atoms with E-state index >= 15 is 0 Å². The van der Waals surface area contributed by atoms with Gasteiger partial charge in [0.2, 0.25) is 0 Å². The van der Waals surface area contributed by atoms with Crippen LogP contribution in [0.15, 0.2) is 39.7 Å². The van der Waals surface area contributed by atoms with E-state index in [0.29, 0.717) is 28.3 Å². The van der Waals surface area contributed by atoms with E-state index in [2.05, 4.69) is 38.1 Å². The smallest absolute Gasteiger partial charge is 0.273 e. The Kier molecular flexibility index (Phi) is 5.65. The molecule has 2 atom stereocenters. The van der Waals surface area contributed by atoms with Crippen LogP contribution in [0.25, 0.3) is 16.9 Å². The van der Waals surface area contributed by atoms with Crippen molar-refractivity contribution in [3.63, 3.8) is 0 Å². The Morgan fingerprint density at radius 1 is 1.22 bits per heavy atom. The molecule has 1 saturated heterocycles. The molecule has 1 amide bonds. The molecule has 5 rings (SSSR count). The fraction of sp³-hybridized carbons (Fsp3) is 0.458. The first-order valence-electron chi connectivity index (χ1n) is 11.3.